The van der Waals surface area contributed by atoms with Gasteiger partial charge >= 0.3 is 0 Å². The number of benzene rings is 1. The minimum atomic E-state index is 0.197. The monoisotopic (exact) mass is 399 g/mol. The number of likely N-dealkylation sites (tertiary alicyclic amines) is 1. The van der Waals surface area contributed by atoms with Crippen LogP contribution < -0.4 is 0 Å². The molecule has 2 aliphatic heterocycles. The average Bonchev–Trinajstić information content (AvgIpc) is 3.19. The fourth-order valence-corrected chi connectivity index (χ4v) is 4.26. The Bertz CT molecular complexity index is 823. The van der Waals surface area contributed by atoms with Gasteiger partial charge in [-0.15, -0.1) is 0 Å². The third-order valence-electron chi connectivity index (χ3n) is 5.56. The molecule has 5 nitrogen and oxygen atoms in total. The molecule has 148 valence electrons. The first-order valence-electron chi connectivity index (χ1n) is 9.99. The fraction of sp³-hybridized carbons (Fsp3) is 0.455. The van der Waals surface area contributed by atoms with Gasteiger partial charge in [-0.2, -0.15) is 0 Å². The SMILES string of the molecule is O=C(CN1CCC[C@@H]1c1cccc(Cc2ccccc2Cl)n1)N1CCOCC1. The van der Waals surface area contributed by atoms with Crippen molar-refractivity contribution < 1.29 is 9.53 Å². The van der Waals surface area contributed by atoms with Crippen LogP contribution in [-0.4, -0.2) is 60.1 Å². The summed E-state index contributed by atoms with van der Waals surface area (Å²) in [5, 5.41) is 0.772. The van der Waals surface area contributed by atoms with E-state index in [4.69, 9.17) is 21.3 Å². The van der Waals surface area contributed by atoms with Crippen LogP contribution in [0.4, 0.5) is 0 Å². The third kappa shape index (κ3) is 4.54. The van der Waals surface area contributed by atoms with E-state index in [1.54, 1.807) is 0 Å². The number of hydrogen-bond donors (Lipinski definition) is 0. The zero-order valence-electron chi connectivity index (χ0n) is 16.0. The maximum atomic E-state index is 12.7. The fourth-order valence-electron chi connectivity index (χ4n) is 4.06. The number of pyridine rings is 1. The van der Waals surface area contributed by atoms with Crippen LogP contribution in [0, 0.1) is 0 Å². The summed E-state index contributed by atoms with van der Waals surface area (Å²) in [4.78, 5) is 21.8. The Balaban J connectivity index is 1.45. The number of carbonyl (C=O) groups is 1. The van der Waals surface area contributed by atoms with E-state index in [1.807, 2.05) is 35.2 Å². The lowest BCUT2D eigenvalue weighted by Crippen LogP contribution is -2.45. The number of carbonyl (C=O) groups excluding carboxylic acids is 1. The first kappa shape index (κ1) is 19.4. The number of hydrogen-bond acceptors (Lipinski definition) is 4. The Morgan fingerprint density at radius 2 is 1.93 bits per heavy atom. The minimum Gasteiger partial charge on any atom is -0.378 e. The Labute approximate surface area is 171 Å². The predicted octanol–water partition coefficient (Wildman–Crippen LogP) is 3.32. The molecule has 1 aromatic heterocycles. The molecule has 0 saturated carbocycles. The van der Waals surface area contributed by atoms with Crippen molar-refractivity contribution in [3.8, 4) is 0 Å². The molecule has 0 spiro atoms. The third-order valence-corrected chi connectivity index (χ3v) is 5.93. The number of amides is 1. The summed E-state index contributed by atoms with van der Waals surface area (Å²) in [6, 6.07) is 14.3. The normalized spacial score (nSPS) is 20.5. The van der Waals surface area contributed by atoms with E-state index in [-0.39, 0.29) is 11.9 Å². The van der Waals surface area contributed by atoms with Gasteiger partial charge in [0, 0.05) is 30.2 Å². The lowest BCUT2D eigenvalue weighted by molar-refractivity contribution is -0.136. The van der Waals surface area contributed by atoms with Crippen LogP contribution in [0.25, 0.3) is 0 Å². The highest BCUT2D eigenvalue weighted by molar-refractivity contribution is 6.31. The van der Waals surface area contributed by atoms with E-state index < -0.39 is 0 Å². The number of rotatable bonds is 5. The van der Waals surface area contributed by atoms with Gasteiger partial charge < -0.3 is 9.64 Å². The van der Waals surface area contributed by atoms with Gasteiger partial charge in [0.05, 0.1) is 31.5 Å². The molecule has 4 rings (SSSR count). The molecule has 28 heavy (non-hydrogen) atoms. The molecule has 1 aromatic carbocycles. The molecule has 2 saturated heterocycles. The molecule has 0 N–H and O–H groups in total. The Morgan fingerprint density at radius 1 is 1.11 bits per heavy atom. The molecule has 0 bridgehead atoms. The maximum Gasteiger partial charge on any atom is 0.236 e. The number of aromatic nitrogens is 1. The van der Waals surface area contributed by atoms with Crippen LogP contribution in [0.2, 0.25) is 5.02 Å². The van der Waals surface area contributed by atoms with Gasteiger partial charge in [-0.05, 0) is 43.1 Å². The number of morpholine rings is 1. The van der Waals surface area contributed by atoms with Gasteiger partial charge in [-0.25, -0.2) is 0 Å². The first-order valence-corrected chi connectivity index (χ1v) is 10.4. The van der Waals surface area contributed by atoms with Crippen molar-refractivity contribution in [2.75, 3.05) is 39.4 Å². The van der Waals surface area contributed by atoms with Crippen molar-refractivity contribution >= 4 is 17.5 Å². The molecule has 6 heteroatoms. The molecule has 0 radical (unpaired) electrons. The van der Waals surface area contributed by atoms with Gasteiger partial charge in [0.1, 0.15) is 0 Å². The second-order valence-electron chi connectivity index (χ2n) is 7.44. The van der Waals surface area contributed by atoms with Crippen molar-refractivity contribution in [1.29, 1.82) is 0 Å². The highest BCUT2D eigenvalue weighted by Crippen LogP contribution is 2.31. The number of halogens is 1. The highest BCUT2D eigenvalue weighted by Gasteiger charge is 2.30. The molecule has 2 fully saturated rings. The lowest BCUT2D eigenvalue weighted by atomic mass is 10.1. The smallest absolute Gasteiger partial charge is 0.236 e. The van der Waals surface area contributed by atoms with Crippen molar-refractivity contribution in [3.63, 3.8) is 0 Å². The second kappa shape index (κ2) is 9.03. The zero-order chi connectivity index (χ0) is 19.3. The number of nitrogens with zero attached hydrogens (tertiary/aromatic N) is 3. The molecule has 0 unspecified atom stereocenters. The summed E-state index contributed by atoms with van der Waals surface area (Å²) < 4.78 is 5.35. The Hall–Kier alpha value is -1.95. The van der Waals surface area contributed by atoms with Gasteiger partial charge in [0.25, 0.3) is 0 Å². The molecular weight excluding hydrogens is 374 g/mol. The molecule has 1 atom stereocenters. The lowest BCUT2D eigenvalue weighted by Gasteiger charge is -2.30. The standard InChI is InChI=1S/C22H26ClN3O2/c23-19-7-2-1-5-17(19)15-18-6-3-8-20(24-18)21-9-4-10-26(21)16-22(27)25-11-13-28-14-12-25/h1-3,5-8,21H,4,9-16H2/t21-/m1/s1. The minimum absolute atomic E-state index is 0.197. The van der Waals surface area contributed by atoms with Gasteiger partial charge in [0.2, 0.25) is 5.91 Å². The van der Waals surface area contributed by atoms with E-state index in [0.717, 1.165) is 41.4 Å². The number of ether oxygens (including phenoxy) is 1. The van der Waals surface area contributed by atoms with E-state index >= 15 is 0 Å². The van der Waals surface area contributed by atoms with E-state index in [0.29, 0.717) is 39.3 Å². The largest absolute Gasteiger partial charge is 0.378 e. The molecule has 2 aliphatic rings. The summed E-state index contributed by atoms with van der Waals surface area (Å²) >= 11 is 6.31. The first-order chi connectivity index (χ1) is 13.7. The van der Waals surface area contributed by atoms with Crippen LogP contribution in [0.5, 0.6) is 0 Å². The maximum absolute atomic E-state index is 12.7. The summed E-state index contributed by atoms with van der Waals surface area (Å²) in [5.41, 5.74) is 3.15. The summed E-state index contributed by atoms with van der Waals surface area (Å²) in [6.45, 7) is 4.08. The molecular formula is C22H26ClN3O2. The van der Waals surface area contributed by atoms with Gasteiger partial charge in [-0.3, -0.25) is 14.7 Å². The molecule has 0 aliphatic carbocycles. The average molecular weight is 400 g/mol. The van der Waals surface area contributed by atoms with E-state index in [9.17, 15) is 4.79 Å². The summed E-state index contributed by atoms with van der Waals surface area (Å²) in [6.07, 6.45) is 2.85. The van der Waals surface area contributed by atoms with Crippen molar-refractivity contribution in [1.82, 2.24) is 14.8 Å². The zero-order valence-corrected chi connectivity index (χ0v) is 16.8. The quantitative estimate of drug-likeness (QED) is 0.773. The van der Waals surface area contributed by atoms with Crippen LogP contribution in [0.15, 0.2) is 42.5 Å². The summed E-state index contributed by atoms with van der Waals surface area (Å²) in [5.74, 6) is 0.197. The highest BCUT2D eigenvalue weighted by atomic mass is 35.5. The Kier molecular flexibility index (Phi) is 6.25. The van der Waals surface area contributed by atoms with E-state index in [2.05, 4.69) is 17.0 Å². The predicted molar refractivity (Wildman–Crippen MR) is 109 cm³/mol. The van der Waals surface area contributed by atoms with Crippen LogP contribution in [0.3, 0.4) is 0 Å². The topological polar surface area (TPSA) is 45.7 Å². The molecule has 1 amide bonds. The summed E-state index contributed by atoms with van der Waals surface area (Å²) in [7, 11) is 0. The van der Waals surface area contributed by atoms with Gasteiger partial charge in [-0.1, -0.05) is 35.9 Å². The van der Waals surface area contributed by atoms with Crippen LogP contribution >= 0.6 is 11.6 Å². The van der Waals surface area contributed by atoms with Crippen LogP contribution in [0.1, 0.15) is 35.8 Å². The van der Waals surface area contributed by atoms with Crippen LogP contribution in [-0.2, 0) is 16.0 Å². The molecule has 2 aromatic rings. The Morgan fingerprint density at radius 3 is 2.75 bits per heavy atom. The van der Waals surface area contributed by atoms with E-state index in [1.165, 1.54) is 0 Å². The second-order valence-corrected chi connectivity index (χ2v) is 7.85. The van der Waals surface area contributed by atoms with Crippen molar-refractivity contribution in [2.24, 2.45) is 0 Å². The van der Waals surface area contributed by atoms with Crippen molar-refractivity contribution in [3.05, 3.63) is 64.4 Å². The van der Waals surface area contributed by atoms with Gasteiger partial charge in [0.15, 0.2) is 0 Å². The molecule has 3 heterocycles. The van der Waals surface area contributed by atoms with Crippen molar-refractivity contribution in [2.45, 2.75) is 25.3 Å².